The summed E-state index contributed by atoms with van der Waals surface area (Å²) in [6, 6.07) is 13.4. The van der Waals surface area contributed by atoms with Crippen molar-refractivity contribution in [3.63, 3.8) is 0 Å². The van der Waals surface area contributed by atoms with Gasteiger partial charge in [-0.25, -0.2) is 8.42 Å². The van der Waals surface area contributed by atoms with E-state index >= 15 is 0 Å². The van der Waals surface area contributed by atoms with Crippen molar-refractivity contribution in [2.24, 2.45) is 0 Å². The Labute approximate surface area is 152 Å². The molecule has 3 rings (SSSR count). The molecule has 0 aromatic heterocycles. The van der Waals surface area contributed by atoms with Crippen molar-refractivity contribution < 1.29 is 18.0 Å². The third kappa shape index (κ3) is 5.16. The third-order valence-corrected chi connectivity index (χ3v) is 4.82. The Morgan fingerprint density at radius 3 is 2.00 bits per heavy atom. The number of nitrogens with one attached hydrogen (secondary N) is 2. The van der Waals surface area contributed by atoms with E-state index in [0.717, 1.165) is 12.8 Å². The number of hydrogen-bond acceptors (Lipinski definition) is 4. The van der Waals surface area contributed by atoms with Gasteiger partial charge in [0.15, 0.2) is 9.84 Å². The fourth-order valence-electron chi connectivity index (χ4n) is 2.46. The molecule has 2 aromatic carbocycles. The number of hydrogen-bond donors (Lipinski definition) is 2. The van der Waals surface area contributed by atoms with E-state index in [0.29, 0.717) is 28.4 Å². The smallest absolute Gasteiger partial charge is 0.255 e. The number of carbonyl (C=O) groups excluding carboxylic acids is 2. The molecule has 1 saturated carbocycles. The van der Waals surface area contributed by atoms with Gasteiger partial charge < -0.3 is 10.6 Å². The molecule has 2 aromatic rings. The SMILES string of the molecule is CS(=O)(=O)Cc1ccc(C(=O)Nc2ccc(C(=O)NC3CC3)cc2)cc1. The molecule has 0 radical (unpaired) electrons. The van der Waals surface area contributed by atoms with Crippen LogP contribution in [0.3, 0.4) is 0 Å². The molecular weight excluding hydrogens is 352 g/mol. The number of anilines is 1. The lowest BCUT2D eigenvalue weighted by atomic mass is 10.1. The number of carbonyl (C=O) groups is 2. The molecular formula is C19H20N2O4S. The van der Waals surface area contributed by atoms with Gasteiger partial charge in [0.05, 0.1) is 5.75 Å². The van der Waals surface area contributed by atoms with Crippen LogP contribution in [0.2, 0.25) is 0 Å². The lowest BCUT2D eigenvalue weighted by Gasteiger charge is -2.08. The van der Waals surface area contributed by atoms with Crippen LogP contribution in [0.4, 0.5) is 5.69 Å². The molecule has 0 spiro atoms. The first-order chi connectivity index (χ1) is 12.3. The molecule has 0 heterocycles. The summed E-state index contributed by atoms with van der Waals surface area (Å²) in [5.74, 6) is -0.461. The average Bonchev–Trinajstić information content (AvgIpc) is 3.38. The van der Waals surface area contributed by atoms with Crippen molar-refractivity contribution >= 4 is 27.3 Å². The number of sulfone groups is 1. The summed E-state index contributed by atoms with van der Waals surface area (Å²) in [5.41, 5.74) is 2.20. The van der Waals surface area contributed by atoms with Crippen molar-refractivity contribution in [1.82, 2.24) is 5.32 Å². The summed E-state index contributed by atoms with van der Waals surface area (Å²) >= 11 is 0. The van der Waals surface area contributed by atoms with Gasteiger partial charge in [0.1, 0.15) is 0 Å². The van der Waals surface area contributed by atoms with Crippen LogP contribution in [0, 0.1) is 0 Å². The highest BCUT2D eigenvalue weighted by atomic mass is 32.2. The van der Waals surface area contributed by atoms with Gasteiger partial charge in [-0.1, -0.05) is 12.1 Å². The van der Waals surface area contributed by atoms with Crippen LogP contribution in [0.15, 0.2) is 48.5 Å². The monoisotopic (exact) mass is 372 g/mol. The van der Waals surface area contributed by atoms with Gasteiger partial charge in [0.25, 0.3) is 11.8 Å². The summed E-state index contributed by atoms with van der Waals surface area (Å²) in [7, 11) is -3.11. The van der Waals surface area contributed by atoms with Crippen molar-refractivity contribution in [2.75, 3.05) is 11.6 Å². The van der Waals surface area contributed by atoms with E-state index in [2.05, 4.69) is 10.6 Å². The molecule has 136 valence electrons. The van der Waals surface area contributed by atoms with Crippen LogP contribution >= 0.6 is 0 Å². The molecule has 26 heavy (non-hydrogen) atoms. The highest BCUT2D eigenvalue weighted by Crippen LogP contribution is 2.20. The van der Waals surface area contributed by atoms with Gasteiger partial charge in [-0.15, -0.1) is 0 Å². The maximum atomic E-state index is 12.3. The predicted molar refractivity (Wildman–Crippen MR) is 99.9 cm³/mol. The molecule has 0 aliphatic heterocycles. The number of benzene rings is 2. The van der Waals surface area contributed by atoms with Crippen molar-refractivity contribution in [1.29, 1.82) is 0 Å². The largest absolute Gasteiger partial charge is 0.349 e. The summed E-state index contributed by atoms with van der Waals surface area (Å²) in [4.78, 5) is 24.2. The van der Waals surface area contributed by atoms with Gasteiger partial charge in [-0.3, -0.25) is 9.59 Å². The van der Waals surface area contributed by atoms with Gasteiger partial charge in [0, 0.05) is 29.1 Å². The van der Waals surface area contributed by atoms with Crippen molar-refractivity contribution in [3.8, 4) is 0 Å². The van der Waals surface area contributed by atoms with Gasteiger partial charge in [-0.05, 0) is 54.8 Å². The van der Waals surface area contributed by atoms with E-state index in [9.17, 15) is 18.0 Å². The van der Waals surface area contributed by atoms with Crippen molar-refractivity contribution in [2.45, 2.75) is 24.6 Å². The molecule has 2 amide bonds. The van der Waals surface area contributed by atoms with Gasteiger partial charge >= 0.3 is 0 Å². The minimum absolute atomic E-state index is 0.0563. The normalized spacial score (nSPS) is 13.9. The molecule has 2 N–H and O–H groups in total. The minimum atomic E-state index is -3.11. The minimum Gasteiger partial charge on any atom is -0.349 e. The fraction of sp³-hybridized carbons (Fsp3) is 0.263. The molecule has 0 bridgehead atoms. The molecule has 1 fully saturated rings. The Hall–Kier alpha value is -2.67. The first-order valence-corrected chi connectivity index (χ1v) is 10.4. The second-order valence-electron chi connectivity index (χ2n) is 6.55. The Morgan fingerprint density at radius 2 is 1.46 bits per heavy atom. The zero-order valence-electron chi connectivity index (χ0n) is 14.4. The summed E-state index contributed by atoms with van der Waals surface area (Å²) in [6.07, 6.45) is 3.23. The molecule has 1 aliphatic rings. The number of amides is 2. The van der Waals surface area contributed by atoms with Crippen LogP contribution in [0.1, 0.15) is 39.1 Å². The summed E-state index contributed by atoms with van der Waals surface area (Å²) < 4.78 is 22.6. The zero-order chi connectivity index (χ0) is 18.7. The third-order valence-electron chi connectivity index (χ3n) is 3.96. The van der Waals surface area contributed by atoms with Crippen LogP contribution < -0.4 is 10.6 Å². The van der Waals surface area contributed by atoms with Gasteiger partial charge in [0.2, 0.25) is 0 Å². The quantitative estimate of drug-likeness (QED) is 0.814. The Bertz CT molecular complexity index is 915. The van der Waals surface area contributed by atoms with Gasteiger partial charge in [-0.2, -0.15) is 0 Å². The standard InChI is InChI=1S/C19H20N2O4S/c1-26(24,25)12-13-2-4-14(5-3-13)18(22)20-16-8-6-15(7-9-16)19(23)21-17-10-11-17/h2-9,17H,10-12H2,1H3,(H,20,22)(H,21,23). The lowest BCUT2D eigenvalue weighted by Crippen LogP contribution is -2.25. The average molecular weight is 372 g/mol. The highest BCUT2D eigenvalue weighted by molar-refractivity contribution is 7.89. The lowest BCUT2D eigenvalue weighted by molar-refractivity contribution is 0.0950. The molecule has 0 atom stereocenters. The Balaban J connectivity index is 1.61. The number of rotatable bonds is 6. The molecule has 0 unspecified atom stereocenters. The van der Waals surface area contributed by atoms with Crippen molar-refractivity contribution in [3.05, 3.63) is 65.2 Å². The summed E-state index contributed by atoms with van der Waals surface area (Å²) in [6.45, 7) is 0. The molecule has 6 nitrogen and oxygen atoms in total. The van der Waals surface area contributed by atoms with Crippen LogP contribution in [0.25, 0.3) is 0 Å². The maximum absolute atomic E-state index is 12.3. The Kier molecular flexibility index (Phi) is 5.08. The molecule has 1 aliphatic carbocycles. The fourth-order valence-corrected chi connectivity index (χ4v) is 3.26. The van der Waals surface area contributed by atoms with Crippen LogP contribution in [0.5, 0.6) is 0 Å². The van der Waals surface area contributed by atoms with Crippen LogP contribution in [-0.4, -0.2) is 32.5 Å². The topological polar surface area (TPSA) is 92.3 Å². The van der Waals surface area contributed by atoms with E-state index in [1.54, 1.807) is 48.5 Å². The van der Waals surface area contributed by atoms with E-state index in [-0.39, 0.29) is 17.6 Å². The second kappa shape index (κ2) is 7.29. The first kappa shape index (κ1) is 18.1. The predicted octanol–water partition coefficient (Wildman–Crippen LogP) is 2.38. The highest BCUT2D eigenvalue weighted by Gasteiger charge is 2.23. The van der Waals surface area contributed by atoms with E-state index in [1.807, 2.05) is 0 Å². The zero-order valence-corrected chi connectivity index (χ0v) is 15.2. The van der Waals surface area contributed by atoms with E-state index in [4.69, 9.17) is 0 Å². The second-order valence-corrected chi connectivity index (χ2v) is 8.69. The Morgan fingerprint density at radius 1 is 0.923 bits per heavy atom. The van der Waals surface area contributed by atoms with E-state index in [1.165, 1.54) is 6.26 Å². The van der Waals surface area contributed by atoms with Crippen LogP contribution in [-0.2, 0) is 15.6 Å². The summed E-state index contributed by atoms with van der Waals surface area (Å²) in [5, 5.41) is 5.66. The molecule has 7 heteroatoms. The molecule has 0 saturated heterocycles. The first-order valence-electron chi connectivity index (χ1n) is 8.29. The van der Waals surface area contributed by atoms with E-state index < -0.39 is 9.84 Å². The maximum Gasteiger partial charge on any atom is 0.255 e.